The SMILES string of the molecule is COc1ccc2c(c1)c(CC(=O)OC1(C)OC(C)(C)OC1=O)c(C)n2C(=O)c1ccc(Cl)cc1. The van der Waals surface area contributed by atoms with Gasteiger partial charge in [0.2, 0.25) is 5.79 Å². The quantitative estimate of drug-likeness (QED) is 0.494. The maximum absolute atomic E-state index is 13.4. The summed E-state index contributed by atoms with van der Waals surface area (Å²) >= 11 is 5.97. The Balaban J connectivity index is 1.73. The van der Waals surface area contributed by atoms with E-state index in [1.165, 1.54) is 18.6 Å². The Morgan fingerprint density at radius 3 is 2.35 bits per heavy atom. The zero-order valence-electron chi connectivity index (χ0n) is 19.4. The van der Waals surface area contributed by atoms with Gasteiger partial charge >= 0.3 is 17.7 Å². The summed E-state index contributed by atoms with van der Waals surface area (Å²) < 4.78 is 22.9. The van der Waals surface area contributed by atoms with Crippen LogP contribution in [0.5, 0.6) is 5.75 Å². The second-order valence-corrected chi connectivity index (χ2v) is 9.02. The Labute approximate surface area is 201 Å². The maximum atomic E-state index is 13.4. The van der Waals surface area contributed by atoms with Gasteiger partial charge in [-0.1, -0.05) is 11.6 Å². The maximum Gasteiger partial charge on any atom is 0.382 e. The van der Waals surface area contributed by atoms with Crippen LogP contribution in [0.25, 0.3) is 10.9 Å². The normalized spacial score (nSPS) is 19.2. The van der Waals surface area contributed by atoms with Crippen molar-refractivity contribution in [2.45, 2.75) is 45.7 Å². The summed E-state index contributed by atoms with van der Waals surface area (Å²) in [5, 5.41) is 1.17. The first-order chi connectivity index (χ1) is 15.9. The minimum absolute atomic E-state index is 0.205. The van der Waals surface area contributed by atoms with Crippen LogP contribution in [0, 0.1) is 6.92 Å². The third-order valence-electron chi connectivity index (χ3n) is 5.62. The number of fused-ring (bicyclic) bond motifs is 1. The first kappa shape index (κ1) is 23.8. The average Bonchev–Trinajstić information content (AvgIpc) is 3.15. The van der Waals surface area contributed by atoms with Crippen LogP contribution in [-0.4, -0.2) is 41.1 Å². The molecule has 0 radical (unpaired) electrons. The third kappa shape index (κ3) is 4.26. The minimum Gasteiger partial charge on any atom is -0.497 e. The van der Waals surface area contributed by atoms with Gasteiger partial charge in [0.1, 0.15) is 5.75 Å². The van der Waals surface area contributed by atoms with Crippen LogP contribution in [0.1, 0.15) is 42.4 Å². The van der Waals surface area contributed by atoms with Crippen molar-refractivity contribution in [2.24, 2.45) is 0 Å². The van der Waals surface area contributed by atoms with Gasteiger partial charge in [-0.15, -0.1) is 0 Å². The molecular weight excluding hydrogens is 462 g/mol. The monoisotopic (exact) mass is 485 g/mol. The summed E-state index contributed by atoms with van der Waals surface area (Å²) in [5.74, 6) is -4.28. The first-order valence-electron chi connectivity index (χ1n) is 10.6. The number of methoxy groups -OCH3 is 1. The Bertz CT molecular complexity index is 1310. The molecule has 1 aromatic heterocycles. The lowest BCUT2D eigenvalue weighted by molar-refractivity contribution is -0.238. The van der Waals surface area contributed by atoms with E-state index in [0.29, 0.717) is 38.5 Å². The molecule has 0 bridgehead atoms. The number of hydrogen-bond acceptors (Lipinski definition) is 7. The van der Waals surface area contributed by atoms with Crippen LogP contribution in [0.3, 0.4) is 0 Å². The number of benzene rings is 2. The Hall–Kier alpha value is -3.36. The molecule has 178 valence electrons. The summed E-state index contributed by atoms with van der Waals surface area (Å²) in [6, 6.07) is 11.8. The Morgan fingerprint density at radius 2 is 1.76 bits per heavy atom. The molecule has 0 N–H and O–H groups in total. The van der Waals surface area contributed by atoms with Crippen molar-refractivity contribution >= 4 is 40.3 Å². The smallest absolute Gasteiger partial charge is 0.382 e. The lowest BCUT2D eigenvalue weighted by Gasteiger charge is -2.22. The van der Waals surface area contributed by atoms with E-state index in [9.17, 15) is 14.4 Å². The molecule has 34 heavy (non-hydrogen) atoms. The topological polar surface area (TPSA) is 93.1 Å². The van der Waals surface area contributed by atoms with E-state index in [1.54, 1.807) is 63.2 Å². The molecule has 1 aliphatic rings. The van der Waals surface area contributed by atoms with E-state index in [4.69, 9.17) is 30.5 Å². The molecule has 3 aromatic rings. The molecule has 0 amide bonds. The predicted octanol–water partition coefficient (Wildman–Crippen LogP) is 4.41. The molecule has 0 spiro atoms. The molecule has 1 unspecified atom stereocenters. The number of nitrogens with zero attached hydrogens (tertiary/aromatic N) is 1. The molecular formula is C25H24ClNO7. The zero-order chi connectivity index (χ0) is 24.8. The number of carbonyl (C=O) groups is 3. The van der Waals surface area contributed by atoms with Crippen LogP contribution in [0.4, 0.5) is 0 Å². The van der Waals surface area contributed by atoms with E-state index in [1.807, 2.05) is 0 Å². The molecule has 1 fully saturated rings. The highest BCUT2D eigenvalue weighted by molar-refractivity contribution is 6.30. The van der Waals surface area contributed by atoms with Crippen molar-refractivity contribution < 1.29 is 33.3 Å². The summed E-state index contributed by atoms with van der Waals surface area (Å²) in [7, 11) is 1.53. The third-order valence-corrected chi connectivity index (χ3v) is 5.87. The van der Waals surface area contributed by atoms with Gasteiger partial charge in [0, 0.05) is 42.4 Å². The van der Waals surface area contributed by atoms with Gasteiger partial charge in [-0.05, 0) is 55.0 Å². The molecule has 8 nitrogen and oxygen atoms in total. The van der Waals surface area contributed by atoms with Crippen molar-refractivity contribution in [2.75, 3.05) is 7.11 Å². The first-order valence-corrected chi connectivity index (χ1v) is 11.0. The van der Waals surface area contributed by atoms with Gasteiger partial charge in [-0.3, -0.25) is 18.9 Å². The number of cyclic esters (lactones) is 1. The van der Waals surface area contributed by atoms with Crippen LogP contribution < -0.4 is 4.74 Å². The van der Waals surface area contributed by atoms with Gasteiger partial charge in [-0.2, -0.15) is 0 Å². The molecule has 9 heteroatoms. The van der Waals surface area contributed by atoms with Crippen molar-refractivity contribution in [3.63, 3.8) is 0 Å². The van der Waals surface area contributed by atoms with Crippen LogP contribution in [-0.2, 0) is 30.2 Å². The number of esters is 2. The largest absolute Gasteiger partial charge is 0.497 e. The van der Waals surface area contributed by atoms with Crippen LogP contribution in [0.15, 0.2) is 42.5 Å². The molecule has 4 rings (SSSR count). The highest BCUT2D eigenvalue weighted by atomic mass is 35.5. The van der Waals surface area contributed by atoms with Gasteiger partial charge in [0.05, 0.1) is 19.0 Å². The molecule has 1 aliphatic heterocycles. The second kappa shape index (κ2) is 8.45. The standard InChI is InChI=1S/C25H24ClNO7/c1-14-18(13-21(28)32-25(4)23(30)33-24(2,3)34-25)19-12-17(31-5)10-11-20(19)27(14)22(29)15-6-8-16(26)9-7-15/h6-12H,13H2,1-5H3. The van der Waals surface area contributed by atoms with Gasteiger partial charge in [0.25, 0.3) is 5.91 Å². The molecule has 1 atom stereocenters. The van der Waals surface area contributed by atoms with Crippen molar-refractivity contribution in [3.05, 3.63) is 64.3 Å². The van der Waals surface area contributed by atoms with E-state index in [2.05, 4.69) is 0 Å². The van der Waals surface area contributed by atoms with Crippen LogP contribution in [0.2, 0.25) is 5.02 Å². The summed E-state index contributed by atoms with van der Waals surface area (Å²) in [6.45, 7) is 6.19. The van der Waals surface area contributed by atoms with Gasteiger partial charge in [-0.25, -0.2) is 4.79 Å². The number of hydrogen-bond donors (Lipinski definition) is 0. The predicted molar refractivity (Wildman–Crippen MR) is 124 cm³/mol. The molecule has 1 saturated heterocycles. The molecule has 0 aliphatic carbocycles. The lowest BCUT2D eigenvalue weighted by atomic mass is 10.1. The zero-order valence-corrected chi connectivity index (χ0v) is 20.2. The second-order valence-electron chi connectivity index (χ2n) is 8.58. The van der Waals surface area contributed by atoms with E-state index >= 15 is 0 Å². The summed E-state index contributed by atoms with van der Waals surface area (Å²) in [5.41, 5.74) is 2.16. The Kier molecular flexibility index (Phi) is 5.91. The number of rotatable bonds is 5. The number of halogens is 1. The highest BCUT2D eigenvalue weighted by Crippen LogP contribution is 2.35. The summed E-state index contributed by atoms with van der Waals surface area (Å²) in [4.78, 5) is 38.5. The van der Waals surface area contributed by atoms with Crippen molar-refractivity contribution in [1.82, 2.24) is 4.57 Å². The van der Waals surface area contributed by atoms with E-state index < -0.39 is 23.5 Å². The highest BCUT2D eigenvalue weighted by Gasteiger charge is 2.54. The number of carbonyl (C=O) groups excluding carboxylic acids is 3. The molecule has 0 saturated carbocycles. The fourth-order valence-corrected chi connectivity index (χ4v) is 4.23. The van der Waals surface area contributed by atoms with Gasteiger partial charge < -0.3 is 14.2 Å². The number of aromatic nitrogens is 1. The van der Waals surface area contributed by atoms with E-state index in [0.717, 1.165) is 0 Å². The van der Waals surface area contributed by atoms with E-state index in [-0.39, 0.29) is 12.3 Å². The molecule has 2 heterocycles. The lowest BCUT2D eigenvalue weighted by Crippen LogP contribution is -2.39. The number of ether oxygens (including phenoxy) is 4. The average molecular weight is 486 g/mol. The minimum atomic E-state index is -1.86. The Morgan fingerprint density at radius 1 is 1.09 bits per heavy atom. The van der Waals surface area contributed by atoms with Gasteiger partial charge in [0.15, 0.2) is 0 Å². The van der Waals surface area contributed by atoms with Crippen molar-refractivity contribution in [3.8, 4) is 5.75 Å². The summed E-state index contributed by atoms with van der Waals surface area (Å²) in [6.07, 6.45) is -0.205. The molecule has 2 aromatic carbocycles. The fourth-order valence-electron chi connectivity index (χ4n) is 4.10. The fraction of sp³-hybridized carbons (Fsp3) is 0.320. The van der Waals surface area contributed by atoms with Crippen molar-refractivity contribution in [1.29, 1.82) is 0 Å². The van der Waals surface area contributed by atoms with Crippen LogP contribution >= 0.6 is 11.6 Å².